The standard InChI is InChI=1S/C9H14N2O2/c1-6(2)7-4-13-9(11-7)8-3-12-5-10-8/h5-8H,3-4H2,1-2H3. The first-order valence-corrected chi connectivity index (χ1v) is 4.61. The SMILES string of the molecule is CC(C)C1COC(C2COC=N2)=N1. The summed E-state index contributed by atoms with van der Waals surface area (Å²) in [5.41, 5.74) is 0. The van der Waals surface area contributed by atoms with Crippen molar-refractivity contribution in [2.75, 3.05) is 13.2 Å². The van der Waals surface area contributed by atoms with Crippen LogP contribution in [0, 0.1) is 5.92 Å². The van der Waals surface area contributed by atoms with Gasteiger partial charge in [-0.1, -0.05) is 13.8 Å². The number of hydrogen-bond acceptors (Lipinski definition) is 4. The molecule has 0 bridgehead atoms. The van der Waals surface area contributed by atoms with E-state index in [4.69, 9.17) is 9.47 Å². The van der Waals surface area contributed by atoms with Crippen LogP contribution in [0.4, 0.5) is 0 Å². The predicted octanol–water partition coefficient (Wildman–Crippen LogP) is 0.867. The summed E-state index contributed by atoms with van der Waals surface area (Å²) in [5, 5.41) is 0. The average molecular weight is 182 g/mol. The second-order valence-corrected chi connectivity index (χ2v) is 3.69. The molecule has 0 spiro atoms. The second-order valence-electron chi connectivity index (χ2n) is 3.69. The minimum Gasteiger partial charge on any atom is -0.481 e. The fourth-order valence-electron chi connectivity index (χ4n) is 1.36. The fourth-order valence-corrected chi connectivity index (χ4v) is 1.36. The van der Waals surface area contributed by atoms with Crippen molar-refractivity contribution in [3.05, 3.63) is 0 Å². The third-order valence-corrected chi connectivity index (χ3v) is 2.32. The third-order valence-electron chi connectivity index (χ3n) is 2.32. The normalized spacial score (nSPS) is 31.8. The van der Waals surface area contributed by atoms with Crippen LogP contribution in [0.15, 0.2) is 9.98 Å². The molecule has 0 saturated heterocycles. The Morgan fingerprint density at radius 1 is 1.46 bits per heavy atom. The molecule has 0 aromatic heterocycles. The molecule has 4 heteroatoms. The van der Waals surface area contributed by atoms with Crippen molar-refractivity contribution in [3.8, 4) is 0 Å². The van der Waals surface area contributed by atoms with E-state index in [1.807, 2.05) is 0 Å². The maximum Gasteiger partial charge on any atom is 0.213 e. The fraction of sp³-hybridized carbons (Fsp3) is 0.778. The number of aliphatic imine (C=N–C) groups is 2. The van der Waals surface area contributed by atoms with Gasteiger partial charge in [0.1, 0.15) is 13.2 Å². The van der Waals surface area contributed by atoms with E-state index in [0.29, 0.717) is 25.2 Å². The van der Waals surface area contributed by atoms with E-state index in [2.05, 4.69) is 23.8 Å². The van der Waals surface area contributed by atoms with Crippen LogP contribution >= 0.6 is 0 Å². The summed E-state index contributed by atoms with van der Waals surface area (Å²) < 4.78 is 10.5. The van der Waals surface area contributed by atoms with Crippen LogP contribution in [0.5, 0.6) is 0 Å². The van der Waals surface area contributed by atoms with Gasteiger partial charge in [0.2, 0.25) is 5.90 Å². The molecule has 0 fully saturated rings. The second kappa shape index (κ2) is 3.36. The maximum absolute atomic E-state index is 5.47. The summed E-state index contributed by atoms with van der Waals surface area (Å²) in [6.45, 7) is 5.56. The van der Waals surface area contributed by atoms with Crippen molar-refractivity contribution < 1.29 is 9.47 Å². The Balaban J connectivity index is 2.01. The van der Waals surface area contributed by atoms with Crippen molar-refractivity contribution in [1.82, 2.24) is 0 Å². The Labute approximate surface area is 77.7 Å². The molecule has 0 saturated carbocycles. The summed E-state index contributed by atoms with van der Waals surface area (Å²) in [7, 11) is 0. The molecule has 2 atom stereocenters. The largest absolute Gasteiger partial charge is 0.481 e. The van der Waals surface area contributed by atoms with Crippen LogP contribution in [-0.4, -0.2) is 37.6 Å². The number of nitrogens with zero attached hydrogens (tertiary/aromatic N) is 2. The molecule has 2 aliphatic heterocycles. The van der Waals surface area contributed by atoms with Gasteiger partial charge in [0.05, 0.1) is 6.04 Å². The lowest BCUT2D eigenvalue weighted by Gasteiger charge is -2.06. The van der Waals surface area contributed by atoms with Gasteiger partial charge in [0.15, 0.2) is 12.4 Å². The molecule has 2 rings (SSSR count). The Morgan fingerprint density at radius 3 is 2.85 bits per heavy atom. The summed E-state index contributed by atoms with van der Waals surface area (Å²) in [5.74, 6) is 1.27. The van der Waals surface area contributed by atoms with Crippen LogP contribution in [0.25, 0.3) is 0 Å². The van der Waals surface area contributed by atoms with Gasteiger partial charge in [0.25, 0.3) is 0 Å². The van der Waals surface area contributed by atoms with Crippen LogP contribution < -0.4 is 0 Å². The molecule has 2 unspecified atom stereocenters. The lowest BCUT2D eigenvalue weighted by Crippen LogP contribution is -2.20. The summed E-state index contributed by atoms with van der Waals surface area (Å²) >= 11 is 0. The number of ether oxygens (including phenoxy) is 2. The first-order valence-electron chi connectivity index (χ1n) is 4.61. The van der Waals surface area contributed by atoms with Gasteiger partial charge in [-0.15, -0.1) is 0 Å². The molecule has 0 radical (unpaired) electrons. The number of hydrogen-bond donors (Lipinski definition) is 0. The van der Waals surface area contributed by atoms with Gasteiger partial charge < -0.3 is 9.47 Å². The van der Waals surface area contributed by atoms with E-state index in [0.717, 1.165) is 5.90 Å². The van der Waals surface area contributed by atoms with Gasteiger partial charge in [0, 0.05) is 0 Å². The van der Waals surface area contributed by atoms with Crippen molar-refractivity contribution in [2.45, 2.75) is 25.9 Å². The van der Waals surface area contributed by atoms with E-state index in [-0.39, 0.29) is 6.04 Å². The van der Waals surface area contributed by atoms with Crippen molar-refractivity contribution >= 4 is 12.3 Å². The molecule has 72 valence electrons. The molecule has 2 heterocycles. The Kier molecular flexibility index (Phi) is 2.20. The molecule has 0 aromatic carbocycles. The molecule has 4 nitrogen and oxygen atoms in total. The topological polar surface area (TPSA) is 43.2 Å². The first-order chi connectivity index (χ1) is 6.27. The summed E-state index contributed by atoms with van der Waals surface area (Å²) in [6, 6.07) is 0.301. The predicted molar refractivity (Wildman–Crippen MR) is 50.2 cm³/mol. The van der Waals surface area contributed by atoms with Crippen LogP contribution in [0.2, 0.25) is 0 Å². The van der Waals surface area contributed by atoms with Gasteiger partial charge in [-0.05, 0) is 5.92 Å². The smallest absolute Gasteiger partial charge is 0.213 e. The number of rotatable bonds is 2. The molecule has 0 amide bonds. The highest BCUT2D eigenvalue weighted by atomic mass is 16.5. The Bertz CT molecular complexity index is 248. The van der Waals surface area contributed by atoms with Gasteiger partial charge >= 0.3 is 0 Å². The zero-order valence-electron chi connectivity index (χ0n) is 7.93. The third kappa shape index (κ3) is 1.66. The molecule has 0 aromatic rings. The Hall–Kier alpha value is -1.06. The minimum atomic E-state index is 0.00347. The van der Waals surface area contributed by atoms with Crippen molar-refractivity contribution in [1.29, 1.82) is 0 Å². The highest BCUT2D eigenvalue weighted by molar-refractivity contribution is 5.85. The van der Waals surface area contributed by atoms with E-state index in [1.165, 1.54) is 6.40 Å². The van der Waals surface area contributed by atoms with E-state index >= 15 is 0 Å². The molecular weight excluding hydrogens is 168 g/mol. The maximum atomic E-state index is 5.47. The highest BCUT2D eigenvalue weighted by Crippen LogP contribution is 2.17. The molecule has 0 N–H and O–H groups in total. The van der Waals surface area contributed by atoms with Crippen molar-refractivity contribution in [3.63, 3.8) is 0 Å². The van der Waals surface area contributed by atoms with E-state index < -0.39 is 0 Å². The van der Waals surface area contributed by atoms with Crippen LogP contribution in [0.3, 0.4) is 0 Å². The lowest BCUT2D eigenvalue weighted by molar-refractivity contribution is 0.273. The van der Waals surface area contributed by atoms with E-state index in [1.54, 1.807) is 0 Å². The molecular formula is C9H14N2O2. The Morgan fingerprint density at radius 2 is 2.31 bits per heavy atom. The quantitative estimate of drug-likeness (QED) is 0.636. The summed E-state index contributed by atoms with van der Waals surface area (Å²) in [6.07, 6.45) is 1.47. The first kappa shape index (κ1) is 8.53. The summed E-state index contributed by atoms with van der Waals surface area (Å²) in [4.78, 5) is 8.58. The minimum absolute atomic E-state index is 0.00347. The zero-order valence-corrected chi connectivity index (χ0v) is 7.93. The highest BCUT2D eigenvalue weighted by Gasteiger charge is 2.28. The van der Waals surface area contributed by atoms with Crippen LogP contribution in [0.1, 0.15) is 13.8 Å². The van der Waals surface area contributed by atoms with Gasteiger partial charge in [-0.3, -0.25) is 0 Å². The average Bonchev–Trinajstić information content (AvgIpc) is 2.75. The zero-order chi connectivity index (χ0) is 9.26. The monoisotopic (exact) mass is 182 g/mol. The van der Waals surface area contributed by atoms with Crippen LogP contribution in [-0.2, 0) is 9.47 Å². The van der Waals surface area contributed by atoms with Gasteiger partial charge in [-0.2, -0.15) is 0 Å². The molecule has 2 aliphatic rings. The lowest BCUT2D eigenvalue weighted by atomic mass is 10.1. The van der Waals surface area contributed by atoms with Gasteiger partial charge in [-0.25, -0.2) is 9.98 Å². The molecule has 13 heavy (non-hydrogen) atoms. The van der Waals surface area contributed by atoms with Crippen molar-refractivity contribution in [2.24, 2.45) is 15.9 Å². The molecule has 0 aliphatic carbocycles. The van der Waals surface area contributed by atoms with E-state index in [9.17, 15) is 0 Å².